The molecule has 0 aromatic carbocycles. The number of amides is 1. The molecule has 0 aromatic heterocycles. The van der Waals surface area contributed by atoms with Gasteiger partial charge in [-0.2, -0.15) is 0 Å². The van der Waals surface area contributed by atoms with Crippen molar-refractivity contribution in [3.8, 4) is 0 Å². The molecule has 4 nitrogen and oxygen atoms in total. The summed E-state index contributed by atoms with van der Waals surface area (Å²) >= 11 is 0. The molecule has 0 aromatic rings. The Morgan fingerprint density at radius 1 is 1.50 bits per heavy atom. The quantitative estimate of drug-likeness (QED) is 0.743. The third-order valence-electron chi connectivity index (χ3n) is 3.18. The summed E-state index contributed by atoms with van der Waals surface area (Å²) in [6.45, 7) is 6.12. The molecule has 16 heavy (non-hydrogen) atoms. The molecule has 0 aliphatic carbocycles. The van der Waals surface area contributed by atoms with Crippen LogP contribution in [0.4, 0.5) is 0 Å². The number of hydrogen-bond donors (Lipinski definition) is 1. The van der Waals surface area contributed by atoms with Gasteiger partial charge >= 0.3 is 5.97 Å². The first-order valence-electron chi connectivity index (χ1n) is 5.69. The Hall–Kier alpha value is -1.32. The number of likely N-dealkylation sites (tertiary alicyclic amines) is 1. The van der Waals surface area contributed by atoms with Crippen molar-refractivity contribution in [2.24, 2.45) is 5.92 Å². The van der Waals surface area contributed by atoms with Gasteiger partial charge in [0.1, 0.15) is 0 Å². The molecule has 1 aliphatic heterocycles. The van der Waals surface area contributed by atoms with Crippen LogP contribution in [0.5, 0.6) is 0 Å². The van der Waals surface area contributed by atoms with Crippen molar-refractivity contribution in [1.29, 1.82) is 0 Å². The number of aliphatic carboxylic acids is 1. The first-order valence-corrected chi connectivity index (χ1v) is 5.69. The number of hydrogen-bond acceptors (Lipinski definition) is 2. The van der Waals surface area contributed by atoms with Crippen molar-refractivity contribution in [2.45, 2.75) is 39.7 Å². The highest BCUT2D eigenvalue weighted by Crippen LogP contribution is 2.25. The molecule has 1 heterocycles. The zero-order valence-electron chi connectivity index (χ0n) is 10.1. The molecule has 90 valence electrons. The maximum absolute atomic E-state index is 12.0. The van der Waals surface area contributed by atoms with E-state index in [1.807, 2.05) is 19.9 Å². The standard InChI is InChI=1S/C12H19NO3/c1-4-5-8(2)11(14)13-7-6-10(9(13)3)12(15)16/h5,9-10H,4,6-7H2,1-3H3,(H,15,16). The molecule has 0 spiro atoms. The van der Waals surface area contributed by atoms with Crippen molar-refractivity contribution in [1.82, 2.24) is 4.90 Å². The lowest BCUT2D eigenvalue weighted by Crippen LogP contribution is -2.38. The second-order valence-corrected chi connectivity index (χ2v) is 4.27. The fraction of sp³-hybridized carbons (Fsp3) is 0.667. The van der Waals surface area contributed by atoms with Gasteiger partial charge in [0.25, 0.3) is 0 Å². The third-order valence-corrected chi connectivity index (χ3v) is 3.18. The van der Waals surface area contributed by atoms with Crippen molar-refractivity contribution in [2.75, 3.05) is 6.54 Å². The van der Waals surface area contributed by atoms with E-state index in [0.717, 1.165) is 6.42 Å². The van der Waals surface area contributed by atoms with E-state index in [2.05, 4.69) is 0 Å². The normalized spacial score (nSPS) is 25.9. The minimum atomic E-state index is -0.806. The molecule has 1 fully saturated rings. The average Bonchev–Trinajstić information content (AvgIpc) is 2.59. The molecule has 1 rings (SSSR count). The van der Waals surface area contributed by atoms with E-state index in [1.165, 1.54) is 0 Å². The van der Waals surface area contributed by atoms with Gasteiger partial charge in [-0.15, -0.1) is 0 Å². The van der Waals surface area contributed by atoms with Crippen molar-refractivity contribution in [3.63, 3.8) is 0 Å². The fourth-order valence-corrected chi connectivity index (χ4v) is 2.18. The Morgan fingerprint density at radius 2 is 2.12 bits per heavy atom. The molecule has 1 saturated heterocycles. The number of carboxylic acid groups (broad SMARTS) is 1. The number of carbonyl (C=O) groups excluding carboxylic acids is 1. The van der Waals surface area contributed by atoms with E-state index in [0.29, 0.717) is 18.5 Å². The van der Waals surface area contributed by atoms with Gasteiger partial charge in [-0.1, -0.05) is 13.0 Å². The lowest BCUT2D eigenvalue weighted by Gasteiger charge is -2.23. The first kappa shape index (κ1) is 12.7. The molecule has 2 unspecified atom stereocenters. The minimum absolute atomic E-state index is 0.0295. The van der Waals surface area contributed by atoms with Gasteiger partial charge in [-0.25, -0.2) is 0 Å². The van der Waals surface area contributed by atoms with Crippen LogP contribution in [0.1, 0.15) is 33.6 Å². The van der Waals surface area contributed by atoms with E-state index in [1.54, 1.807) is 11.8 Å². The topological polar surface area (TPSA) is 57.6 Å². The molecule has 1 amide bonds. The highest BCUT2D eigenvalue weighted by molar-refractivity contribution is 5.93. The van der Waals surface area contributed by atoms with E-state index in [4.69, 9.17) is 5.11 Å². The second-order valence-electron chi connectivity index (χ2n) is 4.27. The van der Waals surface area contributed by atoms with Crippen LogP contribution in [-0.4, -0.2) is 34.5 Å². The van der Waals surface area contributed by atoms with E-state index < -0.39 is 11.9 Å². The van der Waals surface area contributed by atoms with Crippen LogP contribution in [0.15, 0.2) is 11.6 Å². The van der Waals surface area contributed by atoms with Gasteiger partial charge in [0.15, 0.2) is 0 Å². The smallest absolute Gasteiger partial charge is 0.308 e. The highest BCUT2D eigenvalue weighted by atomic mass is 16.4. The maximum atomic E-state index is 12.0. The minimum Gasteiger partial charge on any atom is -0.481 e. The maximum Gasteiger partial charge on any atom is 0.308 e. The Balaban J connectivity index is 2.74. The summed E-state index contributed by atoms with van der Waals surface area (Å²) in [5, 5.41) is 8.97. The van der Waals surface area contributed by atoms with Gasteiger partial charge in [0.05, 0.1) is 5.92 Å². The SMILES string of the molecule is CCC=C(C)C(=O)N1CCC(C(=O)O)C1C. The Morgan fingerprint density at radius 3 is 2.56 bits per heavy atom. The summed E-state index contributed by atoms with van der Waals surface area (Å²) in [5.74, 6) is -1.25. The van der Waals surface area contributed by atoms with Crippen molar-refractivity contribution < 1.29 is 14.7 Å². The van der Waals surface area contributed by atoms with Crippen LogP contribution >= 0.6 is 0 Å². The van der Waals surface area contributed by atoms with Gasteiger partial charge in [-0.3, -0.25) is 9.59 Å². The van der Waals surface area contributed by atoms with Crippen molar-refractivity contribution in [3.05, 3.63) is 11.6 Å². The molecule has 0 bridgehead atoms. The Labute approximate surface area is 95.9 Å². The molecule has 4 heteroatoms. The molecule has 1 aliphatic rings. The van der Waals surface area contributed by atoms with E-state index in [9.17, 15) is 9.59 Å². The molecule has 1 N–H and O–H groups in total. The zero-order chi connectivity index (χ0) is 12.3. The molecule has 2 atom stereocenters. The van der Waals surface area contributed by atoms with Gasteiger partial charge < -0.3 is 10.0 Å². The van der Waals surface area contributed by atoms with Gasteiger partial charge in [-0.05, 0) is 26.7 Å². The number of nitrogens with zero attached hydrogens (tertiary/aromatic N) is 1. The first-order chi connectivity index (χ1) is 7.49. The van der Waals surface area contributed by atoms with Crippen LogP contribution in [0.25, 0.3) is 0 Å². The largest absolute Gasteiger partial charge is 0.481 e. The van der Waals surface area contributed by atoms with Crippen LogP contribution in [0.3, 0.4) is 0 Å². The summed E-state index contributed by atoms with van der Waals surface area (Å²) in [6.07, 6.45) is 3.26. The van der Waals surface area contributed by atoms with Crippen LogP contribution < -0.4 is 0 Å². The summed E-state index contributed by atoms with van der Waals surface area (Å²) in [5.41, 5.74) is 0.709. The Bertz CT molecular complexity index is 322. The number of allylic oxidation sites excluding steroid dienone is 1. The average molecular weight is 225 g/mol. The summed E-state index contributed by atoms with van der Waals surface area (Å²) < 4.78 is 0. The molecular weight excluding hydrogens is 206 g/mol. The number of carboxylic acids is 1. The summed E-state index contributed by atoms with van der Waals surface area (Å²) in [6, 6.07) is -0.204. The fourth-order valence-electron chi connectivity index (χ4n) is 2.18. The second kappa shape index (κ2) is 5.14. The van der Waals surface area contributed by atoms with Crippen LogP contribution in [0.2, 0.25) is 0 Å². The predicted octanol–water partition coefficient (Wildman–Crippen LogP) is 1.66. The Kier molecular flexibility index (Phi) is 4.10. The van der Waals surface area contributed by atoms with E-state index in [-0.39, 0.29) is 11.9 Å². The molecule has 0 saturated carbocycles. The predicted molar refractivity (Wildman–Crippen MR) is 61.0 cm³/mol. The monoisotopic (exact) mass is 225 g/mol. The third kappa shape index (κ3) is 2.43. The number of rotatable bonds is 3. The van der Waals surface area contributed by atoms with Crippen molar-refractivity contribution >= 4 is 11.9 Å². The van der Waals surface area contributed by atoms with Crippen LogP contribution in [0, 0.1) is 5.92 Å². The lowest BCUT2D eigenvalue weighted by molar-refractivity contribution is -0.142. The zero-order valence-corrected chi connectivity index (χ0v) is 10.1. The summed E-state index contributed by atoms with van der Waals surface area (Å²) in [7, 11) is 0. The summed E-state index contributed by atoms with van der Waals surface area (Å²) in [4.78, 5) is 24.6. The molecular formula is C12H19NO3. The lowest BCUT2D eigenvalue weighted by atomic mass is 10.0. The highest BCUT2D eigenvalue weighted by Gasteiger charge is 2.38. The number of carbonyl (C=O) groups is 2. The van der Waals surface area contributed by atoms with Gasteiger partial charge in [0, 0.05) is 18.2 Å². The molecule has 0 radical (unpaired) electrons. The van der Waals surface area contributed by atoms with Gasteiger partial charge in [0.2, 0.25) is 5.91 Å². The van der Waals surface area contributed by atoms with E-state index >= 15 is 0 Å². The van der Waals surface area contributed by atoms with Crippen LogP contribution in [-0.2, 0) is 9.59 Å².